The number of aliphatic hydroxyl groups excluding tert-OH is 4. The molecule has 3 amide bonds. The van der Waals surface area contributed by atoms with Gasteiger partial charge in [0.2, 0.25) is 0 Å². The number of hydrogen-bond donors (Lipinski definition) is 7. The predicted octanol–water partition coefficient (Wildman–Crippen LogP) is 0.152. The highest BCUT2D eigenvalue weighted by molar-refractivity contribution is 14.1. The lowest BCUT2D eigenvalue weighted by molar-refractivity contribution is 0.0817. The zero-order valence-electron chi connectivity index (χ0n) is 16.7. The smallest absolute Gasteiger partial charge is 0.255 e. The van der Waals surface area contributed by atoms with E-state index in [1.54, 1.807) is 6.92 Å². The molecule has 1 aromatic rings. The normalized spacial score (nSPS) is 13.0. The van der Waals surface area contributed by atoms with Crippen molar-refractivity contribution in [3.05, 3.63) is 27.4 Å². The molecule has 0 fully saturated rings. The van der Waals surface area contributed by atoms with Crippen molar-refractivity contribution in [2.75, 3.05) is 19.8 Å². The molecule has 0 aliphatic heterocycles. The summed E-state index contributed by atoms with van der Waals surface area (Å²) in [5.41, 5.74) is 0.116. The SMILES string of the molecule is CCC(CO)NC(=O)c1c(I)c(C(=O)NC(C)O)c(I)c(C(=O)NC(CO)CO)c1I. The van der Waals surface area contributed by atoms with Crippen LogP contribution in [0.25, 0.3) is 0 Å². The Hall–Kier alpha value is -0.340. The van der Waals surface area contributed by atoms with Crippen LogP contribution in [0.3, 0.4) is 0 Å². The molecule has 0 aliphatic carbocycles. The predicted molar refractivity (Wildman–Crippen MR) is 138 cm³/mol. The minimum Gasteiger partial charge on any atom is -0.394 e. The molecule has 0 saturated heterocycles. The fourth-order valence-electron chi connectivity index (χ4n) is 2.46. The van der Waals surface area contributed by atoms with Crippen molar-refractivity contribution in [3.63, 3.8) is 0 Å². The second kappa shape index (κ2) is 13.4. The largest absolute Gasteiger partial charge is 0.394 e. The van der Waals surface area contributed by atoms with E-state index in [1.165, 1.54) is 6.92 Å². The van der Waals surface area contributed by atoms with E-state index >= 15 is 0 Å². The van der Waals surface area contributed by atoms with Gasteiger partial charge in [0.1, 0.15) is 6.23 Å². The van der Waals surface area contributed by atoms with E-state index in [9.17, 15) is 34.8 Å². The zero-order valence-corrected chi connectivity index (χ0v) is 23.2. The number of rotatable bonds is 10. The summed E-state index contributed by atoms with van der Waals surface area (Å²) in [4.78, 5) is 38.7. The summed E-state index contributed by atoms with van der Waals surface area (Å²) in [6.07, 6.45) is -0.697. The van der Waals surface area contributed by atoms with Crippen LogP contribution in [0, 0.1) is 10.7 Å². The molecule has 1 aromatic carbocycles. The molecule has 0 heterocycles. The summed E-state index contributed by atoms with van der Waals surface area (Å²) in [6.45, 7) is 1.85. The van der Waals surface area contributed by atoms with Crippen LogP contribution in [0.15, 0.2) is 0 Å². The fraction of sp³-hybridized carbons (Fsp3) is 0.500. The Labute approximate surface area is 220 Å². The highest BCUT2D eigenvalue weighted by Crippen LogP contribution is 2.32. The maximum Gasteiger partial charge on any atom is 0.255 e. The molecule has 13 heteroatoms. The summed E-state index contributed by atoms with van der Waals surface area (Å²) in [7, 11) is 0. The highest BCUT2D eigenvalue weighted by Gasteiger charge is 2.31. The van der Waals surface area contributed by atoms with E-state index in [1.807, 2.05) is 67.8 Å². The molecule has 10 nitrogen and oxygen atoms in total. The van der Waals surface area contributed by atoms with Crippen LogP contribution in [0.2, 0.25) is 0 Å². The molecule has 0 spiro atoms. The fourth-order valence-corrected chi connectivity index (χ4v) is 7.10. The zero-order chi connectivity index (χ0) is 23.9. The molecular formula is C18H24I3N3O7. The molecule has 0 radical (unpaired) electrons. The van der Waals surface area contributed by atoms with Gasteiger partial charge in [-0.2, -0.15) is 0 Å². The van der Waals surface area contributed by atoms with Crippen molar-refractivity contribution in [2.45, 2.75) is 38.6 Å². The van der Waals surface area contributed by atoms with Gasteiger partial charge in [0, 0.05) is 10.7 Å². The third-order valence-electron chi connectivity index (χ3n) is 4.16. The molecule has 0 aromatic heterocycles. The molecule has 1 rings (SSSR count). The van der Waals surface area contributed by atoms with Crippen molar-refractivity contribution in [2.24, 2.45) is 0 Å². The minimum atomic E-state index is -1.17. The standard InChI is InChI=1S/C18H24I3N3O7/c1-3-8(4-25)23-17(30)11-13(19)10(16(29)22-7(2)28)14(20)12(15(11)21)18(31)24-9(5-26)6-27/h7-9,25-28H,3-6H2,1-2H3,(H,22,29)(H,23,30)(H,24,31). The third kappa shape index (κ3) is 7.32. The van der Waals surface area contributed by atoms with E-state index < -0.39 is 49.2 Å². The molecule has 0 aliphatic rings. The Balaban J connectivity index is 3.71. The molecule has 7 N–H and O–H groups in total. The van der Waals surface area contributed by atoms with Gasteiger partial charge < -0.3 is 36.4 Å². The van der Waals surface area contributed by atoms with Crippen molar-refractivity contribution in [3.8, 4) is 0 Å². The van der Waals surface area contributed by atoms with Crippen LogP contribution < -0.4 is 16.0 Å². The molecule has 2 atom stereocenters. The lowest BCUT2D eigenvalue weighted by Gasteiger charge is -2.22. The molecule has 0 bridgehead atoms. The number of benzene rings is 1. The van der Waals surface area contributed by atoms with E-state index in [0.29, 0.717) is 6.42 Å². The maximum atomic E-state index is 13.0. The summed E-state index contributed by atoms with van der Waals surface area (Å²) < 4.78 is 0.770. The van der Waals surface area contributed by atoms with E-state index in [-0.39, 0.29) is 34.0 Å². The molecule has 0 saturated carbocycles. The Kier molecular flexibility index (Phi) is 12.4. The first kappa shape index (κ1) is 28.7. The van der Waals surface area contributed by atoms with Gasteiger partial charge >= 0.3 is 0 Å². The third-order valence-corrected chi connectivity index (χ3v) is 7.40. The molecule has 2 unspecified atom stereocenters. The van der Waals surface area contributed by atoms with Crippen molar-refractivity contribution >= 4 is 85.5 Å². The van der Waals surface area contributed by atoms with Crippen LogP contribution in [0.1, 0.15) is 51.3 Å². The first-order valence-corrected chi connectivity index (χ1v) is 12.4. The van der Waals surface area contributed by atoms with Gasteiger partial charge in [-0.15, -0.1) is 0 Å². The first-order valence-electron chi connectivity index (χ1n) is 9.17. The van der Waals surface area contributed by atoms with E-state index in [0.717, 1.165) is 0 Å². The van der Waals surface area contributed by atoms with Gasteiger partial charge in [0.05, 0.1) is 48.6 Å². The van der Waals surface area contributed by atoms with Crippen LogP contribution in [0.5, 0.6) is 0 Å². The van der Waals surface area contributed by atoms with Crippen LogP contribution in [0.4, 0.5) is 0 Å². The second-order valence-corrected chi connectivity index (χ2v) is 9.75. The summed E-state index contributed by atoms with van der Waals surface area (Å²) in [5.74, 6) is -1.95. The number of amides is 3. The lowest BCUT2D eigenvalue weighted by Crippen LogP contribution is -2.42. The number of carbonyl (C=O) groups excluding carboxylic acids is 3. The quantitative estimate of drug-likeness (QED) is 0.131. The van der Waals surface area contributed by atoms with Gasteiger partial charge in [-0.1, -0.05) is 6.92 Å². The second-order valence-electron chi connectivity index (χ2n) is 6.51. The number of aliphatic hydroxyl groups is 4. The van der Waals surface area contributed by atoms with Crippen molar-refractivity contribution in [1.82, 2.24) is 16.0 Å². The van der Waals surface area contributed by atoms with Gasteiger partial charge in [0.15, 0.2) is 0 Å². The molecule has 31 heavy (non-hydrogen) atoms. The van der Waals surface area contributed by atoms with Crippen molar-refractivity contribution < 1.29 is 34.8 Å². The van der Waals surface area contributed by atoms with Crippen LogP contribution >= 0.6 is 67.8 Å². The Morgan fingerprint density at radius 1 is 0.742 bits per heavy atom. The van der Waals surface area contributed by atoms with Crippen molar-refractivity contribution in [1.29, 1.82) is 0 Å². The van der Waals surface area contributed by atoms with Gasteiger partial charge in [0.25, 0.3) is 17.7 Å². The Bertz CT molecular complexity index is 775. The number of hydrogen-bond acceptors (Lipinski definition) is 7. The molecular weight excluding hydrogens is 751 g/mol. The topological polar surface area (TPSA) is 168 Å². The first-order chi connectivity index (χ1) is 14.5. The average molecular weight is 775 g/mol. The Morgan fingerprint density at radius 3 is 1.35 bits per heavy atom. The summed E-state index contributed by atoms with van der Waals surface area (Å²) in [5, 5.41) is 45.0. The number of nitrogens with one attached hydrogen (secondary N) is 3. The summed E-state index contributed by atoms with van der Waals surface area (Å²) >= 11 is 5.47. The highest BCUT2D eigenvalue weighted by atomic mass is 127. The number of carbonyl (C=O) groups is 3. The van der Waals surface area contributed by atoms with Crippen LogP contribution in [-0.4, -0.2) is 76.3 Å². The van der Waals surface area contributed by atoms with E-state index in [4.69, 9.17) is 0 Å². The summed E-state index contributed by atoms with van der Waals surface area (Å²) in [6, 6.07) is -1.44. The van der Waals surface area contributed by atoms with E-state index in [2.05, 4.69) is 16.0 Å². The maximum absolute atomic E-state index is 13.0. The van der Waals surface area contributed by atoms with Gasteiger partial charge in [-0.3, -0.25) is 14.4 Å². The Morgan fingerprint density at radius 2 is 1.06 bits per heavy atom. The van der Waals surface area contributed by atoms with Crippen LogP contribution in [-0.2, 0) is 0 Å². The minimum absolute atomic E-state index is 0.0199. The number of halogens is 3. The van der Waals surface area contributed by atoms with Gasteiger partial charge in [-0.05, 0) is 81.1 Å². The lowest BCUT2D eigenvalue weighted by atomic mass is 10.0. The average Bonchev–Trinajstić information content (AvgIpc) is 2.69. The molecule has 174 valence electrons. The monoisotopic (exact) mass is 775 g/mol. The van der Waals surface area contributed by atoms with Gasteiger partial charge in [-0.25, -0.2) is 0 Å².